The zero-order chi connectivity index (χ0) is 17.9. The van der Waals surface area contributed by atoms with E-state index in [4.69, 9.17) is 4.74 Å². The second-order valence-electron chi connectivity index (χ2n) is 6.18. The van der Waals surface area contributed by atoms with Crippen molar-refractivity contribution < 1.29 is 4.74 Å². The van der Waals surface area contributed by atoms with E-state index in [9.17, 15) is 0 Å². The van der Waals surface area contributed by atoms with E-state index in [-0.39, 0.29) is 0 Å². The molecule has 0 heterocycles. The van der Waals surface area contributed by atoms with Gasteiger partial charge in [-0.2, -0.15) is 5.10 Å². The summed E-state index contributed by atoms with van der Waals surface area (Å²) in [6.07, 6.45) is 0. The number of ether oxygens (including phenoxy) is 1. The van der Waals surface area contributed by atoms with Crippen molar-refractivity contribution in [3.8, 4) is 16.9 Å². The lowest BCUT2D eigenvalue weighted by Gasteiger charge is -2.04. The van der Waals surface area contributed by atoms with Crippen molar-refractivity contribution in [1.29, 1.82) is 0 Å². The zero-order valence-electron chi connectivity index (χ0n) is 14.9. The highest BCUT2D eigenvalue weighted by atomic mass is 16.5. The van der Waals surface area contributed by atoms with Gasteiger partial charge in [0.15, 0.2) is 0 Å². The third kappa shape index (κ3) is 2.92. The molecule has 4 rings (SSSR count). The maximum atomic E-state index is 5.49. The van der Waals surface area contributed by atoms with Crippen LogP contribution in [-0.2, 0) is 0 Å². The largest absolute Gasteiger partial charge is 0.494 e. The molecule has 1 aliphatic carbocycles. The molecule has 0 atom stereocenters. The van der Waals surface area contributed by atoms with E-state index in [1.54, 1.807) is 0 Å². The lowest BCUT2D eigenvalue weighted by molar-refractivity contribution is 0.340. The molecule has 0 aliphatic heterocycles. The minimum atomic E-state index is 0.666. The Morgan fingerprint density at radius 2 is 1.31 bits per heavy atom. The van der Waals surface area contributed by atoms with Gasteiger partial charge in [-0.05, 0) is 54.8 Å². The van der Waals surface area contributed by atoms with Gasteiger partial charge in [-0.15, -0.1) is 5.10 Å². The first kappa shape index (κ1) is 16.3. The second-order valence-corrected chi connectivity index (χ2v) is 6.18. The predicted molar refractivity (Wildman–Crippen MR) is 107 cm³/mol. The number of hydrogen-bond acceptors (Lipinski definition) is 3. The van der Waals surface area contributed by atoms with Gasteiger partial charge >= 0.3 is 0 Å². The number of benzene rings is 3. The molecule has 3 heteroatoms. The first-order chi connectivity index (χ1) is 12.8. The monoisotopic (exact) mass is 340 g/mol. The fourth-order valence-corrected chi connectivity index (χ4v) is 3.24. The Morgan fingerprint density at radius 3 is 1.85 bits per heavy atom. The van der Waals surface area contributed by atoms with Gasteiger partial charge in [0.1, 0.15) is 11.5 Å². The standard InChI is InChI=1S/C23H20N2O/c1-3-26-18-14-12-17(13-15-18)16(2)24-25-23-21-10-6-4-8-19(21)20-9-5-7-11-22(20)23/h4-15H,3H2,1-2H3. The predicted octanol–water partition coefficient (Wildman–Crippen LogP) is 5.33. The molecule has 0 unspecified atom stereocenters. The van der Waals surface area contributed by atoms with E-state index in [1.807, 2.05) is 50.2 Å². The van der Waals surface area contributed by atoms with Crippen LogP contribution in [0.15, 0.2) is 83.0 Å². The third-order valence-electron chi connectivity index (χ3n) is 4.54. The molecule has 0 saturated heterocycles. The maximum Gasteiger partial charge on any atom is 0.119 e. The SMILES string of the molecule is CCOc1ccc(C(C)=NN=C2c3ccccc3-c3ccccc32)cc1. The molecule has 128 valence electrons. The summed E-state index contributed by atoms with van der Waals surface area (Å²) in [5.41, 5.74) is 7.56. The van der Waals surface area contributed by atoms with Gasteiger partial charge in [-0.1, -0.05) is 48.5 Å². The summed E-state index contributed by atoms with van der Waals surface area (Å²) in [7, 11) is 0. The Balaban J connectivity index is 1.71. The molecule has 0 bridgehead atoms. The van der Waals surface area contributed by atoms with Crippen molar-refractivity contribution in [2.24, 2.45) is 10.2 Å². The van der Waals surface area contributed by atoms with Crippen LogP contribution < -0.4 is 4.74 Å². The lowest BCUT2D eigenvalue weighted by atomic mass is 10.1. The molecule has 0 saturated carbocycles. The van der Waals surface area contributed by atoms with Crippen molar-refractivity contribution in [3.05, 3.63) is 89.5 Å². The fourth-order valence-electron chi connectivity index (χ4n) is 3.24. The van der Waals surface area contributed by atoms with Crippen LogP contribution in [0.3, 0.4) is 0 Å². The average molecular weight is 340 g/mol. The van der Waals surface area contributed by atoms with Crippen molar-refractivity contribution in [2.45, 2.75) is 13.8 Å². The molecule has 0 spiro atoms. The summed E-state index contributed by atoms with van der Waals surface area (Å²) in [6.45, 7) is 4.62. The van der Waals surface area contributed by atoms with E-state index in [2.05, 4.69) is 46.6 Å². The molecule has 0 radical (unpaired) electrons. The maximum absolute atomic E-state index is 5.49. The Labute approximate surface area is 153 Å². The molecule has 3 aromatic carbocycles. The molecular weight excluding hydrogens is 320 g/mol. The van der Waals surface area contributed by atoms with Crippen LogP contribution >= 0.6 is 0 Å². The first-order valence-electron chi connectivity index (χ1n) is 8.82. The molecular formula is C23H20N2O. The average Bonchev–Trinajstić information content (AvgIpc) is 3.01. The van der Waals surface area contributed by atoms with Gasteiger partial charge in [0.25, 0.3) is 0 Å². The van der Waals surface area contributed by atoms with Gasteiger partial charge in [-0.25, -0.2) is 0 Å². The molecule has 26 heavy (non-hydrogen) atoms. The topological polar surface area (TPSA) is 34.0 Å². The molecule has 0 N–H and O–H groups in total. The summed E-state index contributed by atoms with van der Waals surface area (Å²) < 4.78 is 5.49. The van der Waals surface area contributed by atoms with Crippen LogP contribution in [0.25, 0.3) is 11.1 Å². The molecule has 0 aromatic heterocycles. The van der Waals surface area contributed by atoms with Crippen molar-refractivity contribution in [3.63, 3.8) is 0 Å². The number of fused-ring (bicyclic) bond motifs is 3. The first-order valence-corrected chi connectivity index (χ1v) is 8.82. The van der Waals surface area contributed by atoms with Gasteiger partial charge in [0.2, 0.25) is 0 Å². The van der Waals surface area contributed by atoms with Crippen molar-refractivity contribution in [1.82, 2.24) is 0 Å². The Hall–Kier alpha value is -3.20. The fraction of sp³-hybridized carbons (Fsp3) is 0.130. The minimum Gasteiger partial charge on any atom is -0.494 e. The molecule has 0 fully saturated rings. The van der Waals surface area contributed by atoms with Crippen LogP contribution in [0.1, 0.15) is 30.5 Å². The summed E-state index contributed by atoms with van der Waals surface area (Å²) in [5, 5.41) is 9.13. The minimum absolute atomic E-state index is 0.666. The van der Waals surface area contributed by atoms with Crippen LogP contribution in [-0.4, -0.2) is 18.0 Å². The zero-order valence-corrected chi connectivity index (χ0v) is 14.9. The second kappa shape index (κ2) is 6.96. The third-order valence-corrected chi connectivity index (χ3v) is 4.54. The van der Waals surface area contributed by atoms with Crippen LogP contribution in [0.4, 0.5) is 0 Å². The highest BCUT2D eigenvalue weighted by molar-refractivity contribution is 6.24. The van der Waals surface area contributed by atoms with Gasteiger partial charge in [0, 0.05) is 11.1 Å². The quantitative estimate of drug-likeness (QED) is 0.365. The summed E-state index contributed by atoms with van der Waals surface area (Å²) >= 11 is 0. The van der Waals surface area contributed by atoms with Crippen molar-refractivity contribution >= 4 is 11.4 Å². The smallest absolute Gasteiger partial charge is 0.119 e. The molecule has 3 aromatic rings. The Kier molecular flexibility index (Phi) is 4.36. The lowest BCUT2D eigenvalue weighted by Crippen LogP contribution is -1.99. The van der Waals surface area contributed by atoms with Gasteiger partial charge in [-0.3, -0.25) is 0 Å². The van der Waals surface area contributed by atoms with Crippen LogP contribution in [0.5, 0.6) is 5.75 Å². The number of hydrogen-bond donors (Lipinski definition) is 0. The molecule has 0 amide bonds. The Morgan fingerprint density at radius 1 is 0.769 bits per heavy atom. The van der Waals surface area contributed by atoms with Crippen LogP contribution in [0.2, 0.25) is 0 Å². The van der Waals surface area contributed by atoms with E-state index in [0.717, 1.165) is 33.9 Å². The summed E-state index contributed by atoms with van der Waals surface area (Å²) in [4.78, 5) is 0. The van der Waals surface area contributed by atoms with E-state index in [1.165, 1.54) is 11.1 Å². The van der Waals surface area contributed by atoms with E-state index < -0.39 is 0 Å². The molecule has 3 nitrogen and oxygen atoms in total. The Bertz CT molecular complexity index is 953. The highest BCUT2D eigenvalue weighted by Crippen LogP contribution is 2.36. The van der Waals surface area contributed by atoms with E-state index in [0.29, 0.717) is 6.61 Å². The normalized spacial score (nSPS) is 12.5. The van der Waals surface area contributed by atoms with E-state index >= 15 is 0 Å². The molecule has 1 aliphatic rings. The van der Waals surface area contributed by atoms with Crippen LogP contribution in [0, 0.1) is 0 Å². The van der Waals surface area contributed by atoms with Crippen molar-refractivity contribution in [2.75, 3.05) is 6.61 Å². The van der Waals surface area contributed by atoms with Gasteiger partial charge in [0.05, 0.1) is 12.3 Å². The summed E-state index contributed by atoms with van der Waals surface area (Å²) in [6, 6.07) is 24.7. The van der Waals surface area contributed by atoms with Gasteiger partial charge < -0.3 is 4.74 Å². The summed E-state index contributed by atoms with van der Waals surface area (Å²) in [5.74, 6) is 0.869. The number of nitrogens with zero attached hydrogens (tertiary/aromatic N) is 2. The number of rotatable bonds is 4. The highest BCUT2D eigenvalue weighted by Gasteiger charge is 2.23.